The second-order valence-corrected chi connectivity index (χ2v) is 4.74. The van der Waals surface area contributed by atoms with Crippen LogP contribution in [0.5, 0.6) is 11.5 Å². The minimum atomic E-state index is 0.120. The third-order valence-electron chi connectivity index (χ3n) is 2.87. The largest absolute Gasteiger partial charge is 0.506 e. The molecule has 2 rings (SSSR count). The first-order valence-corrected chi connectivity index (χ1v) is 5.85. The summed E-state index contributed by atoms with van der Waals surface area (Å²) in [5.41, 5.74) is 1.65. The maximum atomic E-state index is 9.92. The minimum Gasteiger partial charge on any atom is -0.506 e. The Labute approximate surface area is 97.3 Å². The van der Waals surface area contributed by atoms with Crippen LogP contribution >= 0.6 is 15.9 Å². The van der Waals surface area contributed by atoms with Crippen molar-refractivity contribution >= 4 is 15.9 Å². The van der Waals surface area contributed by atoms with Gasteiger partial charge >= 0.3 is 0 Å². The van der Waals surface area contributed by atoms with Crippen LogP contribution < -0.4 is 5.32 Å². The van der Waals surface area contributed by atoms with E-state index in [0.29, 0.717) is 4.47 Å². The fraction of sp³-hybridized carbons (Fsp3) is 0.455. The van der Waals surface area contributed by atoms with Gasteiger partial charge in [-0.2, -0.15) is 0 Å². The average molecular weight is 272 g/mol. The van der Waals surface area contributed by atoms with Crippen LogP contribution in [-0.2, 0) is 0 Å². The Bertz CT molecular complexity index is 387. The Balaban J connectivity index is 2.47. The van der Waals surface area contributed by atoms with E-state index >= 15 is 0 Å². The zero-order valence-corrected chi connectivity index (χ0v) is 10.1. The number of nitrogens with one attached hydrogen (secondary N) is 1. The van der Waals surface area contributed by atoms with Gasteiger partial charge in [0.15, 0.2) is 0 Å². The average Bonchev–Trinajstić information content (AvgIpc) is 2.73. The molecule has 1 aliphatic rings. The van der Waals surface area contributed by atoms with Crippen LogP contribution in [0.3, 0.4) is 0 Å². The first-order chi connectivity index (χ1) is 7.11. The van der Waals surface area contributed by atoms with Crippen LogP contribution in [0.2, 0.25) is 0 Å². The molecular weight excluding hydrogens is 258 g/mol. The first-order valence-electron chi connectivity index (χ1n) is 5.05. The Morgan fingerprint density at radius 3 is 2.73 bits per heavy atom. The molecule has 1 aromatic rings. The van der Waals surface area contributed by atoms with Crippen molar-refractivity contribution in [1.29, 1.82) is 0 Å². The topological polar surface area (TPSA) is 52.5 Å². The quantitative estimate of drug-likeness (QED) is 0.736. The molecule has 1 atom stereocenters. The summed E-state index contributed by atoms with van der Waals surface area (Å²) in [5, 5.41) is 22.9. The molecule has 1 aliphatic heterocycles. The van der Waals surface area contributed by atoms with Gasteiger partial charge in [-0.3, -0.25) is 0 Å². The highest BCUT2D eigenvalue weighted by Gasteiger charge is 2.22. The third kappa shape index (κ3) is 1.84. The number of phenols is 2. The van der Waals surface area contributed by atoms with E-state index in [1.165, 1.54) is 0 Å². The molecule has 3 N–H and O–H groups in total. The van der Waals surface area contributed by atoms with Crippen molar-refractivity contribution < 1.29 is 10.2 Å². The number of phenolic OH excluding ortho intramolecular Hbond substituents is 2. The molecule has 4 heteroatoms. The number of aromatic hydroxyl groups is 2. The van der Waals surface area contributed by atoms with Gasteiger partial charge in [0.05, 0.1) is 0 Å². The third-order valence-corrected chi connectivity index (χ3v) is 3.62. The molecule has 1 fully saturated rings. The van der Waals surface area contributed by atoms with Crippen LogP contribution in [0, 0.1) is 6.92 Å². The molecule has 1 aromatic carbocycles. The molecule has 0 spiro atoms. The van der Waals surface area contributed by atoms with Gasteiger partial charge < -0.3 is 15.5 Å². The molecule has 15 heavy (non-hydrogen) atoms. The summed E-state index contributed by atoms with van der Waals surface area (Å²) in [6.07, 6.45) is 2.16. The van der Waals surface area contributed by atoms with E-state index in [-0.39, 0.29) is 17.5 Å². The monoisotopic (exact) mass is 271 g/mol. The fourth-order valence-electron chi connectivity index (χ4n) is 2.00. The van der Waals surface area contributed by atoms with Gasteiger partial charge in [-0.05, 0) is 53.9 Å². The molecular formula is C11H14BrNO2. The van der Waals surface area contributed by atoms with Gasteiger partial charge in [0.2, 0.25) is 0 Å². The highest BCUT2D eigenvalue weighted by molar-refractivity contribution is 9.10. The van der Waals surface area contributed by atoms with Gasteiger partial charge in [-0.15, -0.1) is 0 Å². The van der Waals surface area contributed by atoms with E-state index in [1.54, 1.807) is 0 Å². The first kappa shape index (κ1) is 10.8. The Hall–Kier alpha value is -0.740. The SMILES string of the molecule is Cc1cc(C2CCCN2)c(O)c(Br)c1O. The normalized spacial score (nSPS) is 20.8. The molecule has 0 aromatic heterocycles. The summed E-state index contributed by atoms with van der Waals surface area (Å²) in [4.78, 5) is 0. The van der Waals surface area contributed by atoms with Gasteiger partial charge in [-0.1, -0.05) is 0 Å². The number of rotatable bonds is 1. The lowest BCUT2D eigenvalue weighted by atomic mass is 10.0. The number of halogens is 1. The summed E-state index contributed by atoms with van der Waals surface area (Å²) in [6, 6.07) is 2.05. The van der Waals surface area contributed by atoms with Crippen molar-refractivity contribution in [3.63, 3.8) is 0 Å². The Kier molecular flexibility index (Phi) is 2.89. The lowest BCUT2D eigenvalue weighted by Gasteiger charge is -2.15. The maximum Gasteiger partial charge on any atom is 0.138 e. The van der Waals surface area contributed by atoms with Gasteiger partial charge in [0.1, 0.15) is 16.0 Å². The van der Waals surface area contributed by atoms with Crippen molar-refractivity contribution in [2.45, 2.75) is 25.8 Å². The lowest BCUT2D eigenvalue weighted by molar-refractivity contribution is 0.430. The number of aryl methyl sites for hydroxylation is 1. The fourth-order valence-corrected chi connectivity index (χ4v) is 2.54. The molecule has 0 amide bonds. The molecule has 1 unspecified atom stereocenters. The van der Waals surface area contributed by atoms with Gasteiger partial charge in [-0.25, -0.2) is 0 Å². The van der Waals surface area contributed by atoms with Crippen LogP contribution in [0.25, 0.3) is 0 Å². The Morgan fingerprint density at radius 2 is 2.13 bits per heavy atom. The van der Waals surface area contributed by atoms with Gasteiger partial charge in [0.25, 0.3) is 0 Å². The van der Waals surface area contributed by atoms with Gasteiger partial charge in [0, 0.05) is 11.6 Å². The van der Waals surface area contributed by atoms with Crippen molar-refractivity contribution in [2.24, 2.45) is 0 Å². The summed E-state index contributed by atoms with van der Waals surface area (Å²) in [5.74, 6) is 0.270. The van der Waals surface area contributed by atoms with E-state index in [2.05, 4.69) is 21.2 Å². The molecule has 0 aliphatic carbocycles. The zero-order valence-electron chi connectivity index (χ0n) is 8.55. The highest BCUT2D eigenvalue weighted by Crippen LogP contribution is 2.42. The number of hydrogen-bond acceptors (Lipinski definition) is 3. The molecule has 1 heterocycles. The maximum absolute atomic E-state index is 9.92. The summed E-state index contributed by atoms with van der Waals surface area (Å²) < 4.78 is 0.395. The van der Waals surface area contributed by atoms with Crippen molar-refractivity contribution in [2.75, 3.05) is 6.54 Å². The number of hydrogen-bond donors (Lipinski definition) is 3. The standard InChI is InChI=1S/C11H14BrNO2/c1-6-5-7(8-3-2-4-13-8)11(15)9(12)10(6)14/h5,8,13-15H,2-4H2,1H3. The van der Waals surface area contributed by atoms with Crippen LogP contribution in [0.1, 0.15) is 30.0 Å². The second-order valence-electron chi connectivity index (χ2n) is 3.94. The van der Waals surface area contributed by atoms with Crippen molar-refractivity contribution in [3.05, 3.63) is 21.7 Å². The van der Waals surface area contributed by atoms with Crippen molar-refractivity contribution in [1.82, 2.24) is 5.32 Å². The highest BCUT2D eigenvalue weighted by atomic mass is 79.9. The molecule has 1 saturated heterocycles. The number of benzene rings is 1. The summed E-state index contributed by atoms with van der Waals surface area (Å²) >= 11 is 3.20. The summed E-state index contributed by atoms with van der Waals surface area (Å²) in [7, 11) is 0. The zero-order chi connectivity index (χ0) is 11.0. The smallest absolute Gasteiger partial charge is 0.138 e. The minimum absolute atomic E-state index is 0.120. The van der Waals surface area contributed by atoms with E-state index in [1.807, 2.05) is 13.0 Å². The van der Waals surface area contributed by atoms with Crippen LogP contribution in [0.15, 0.2) is 10.5 Å². The molecule has 3 nitrogen and oxygen atoms in total. The predicted molar refractivity (Wildman–Crippen MR) is 62.2 cm³/mol. The molecule has 0 radical (unpaired) electrons. The second kappa shape index (κ2) is 4.02. The molecule has 0 bridgehead atoms. The van der Waals surface area contributed by atoms with E-state index in [0.717, 1.165) is 30.5 Å². The summed E-state index contributed by atoms with van der Waals surface area (Å²) in [6.45, 7) is 2.82. The Morgan fingerprint density at radius 1 is 1.40 bits per heavy atom. The van der Waals surface area contributed by atoms with E-state index in [4.69, 9.17) is 0 Å². The van der Waals surface area contributed by atoms with E-state index < -0.39 is 0 Å². The lowest BCUT2D eigenvalue weighted by Crippen LogP contribution is -2.13. The van der Waals surface area contributed by atoms with E-state index in [9.17, 15) is 10.2 Å². The molecule has 82 valence electrons. The van der Waals surface area contributed by atoms with Crippen LogP contribution in [0.4, 0.5) is 0 Å². The van der Waals surface area contributed by atoms with Crippen molar-refractivity contribution in [3.8, 4) is 11.5 Å². The predicted octanol–water partition coefficient (Wildman–Crippen LogP) is 2.59. The molecule has 0 saturated carbocycles. The van der Waals surface area contributed by atoms with Crippen LogP contribution in [-0.4, -0.2) is 16.8 Å².